The molecule has 0 bridgehead atoms. The fourth-order valence-electron chi connectivity index (χ4n) is 2.59. The minimum atomic E-state index is 0.196. The third-order valence-corrected chi connectivity index (χ3v) is 3.65. The van der Waals surface area contributed by atoms with Crippen LogP contribution in [-0.2, 0) is 0 Å². The van der Waals surface area contributed by atoms with Crippen LogP contribution in [0.3, 0.4) is 0 Å². The molecule has 2 aromatic carbocycles. The van der Waals surface area contributed by atoms with Crippen molar-refractivity contribution in [2.75, 3.05) is 5.32 Å². The van der Waals surface area contributed by atoms with E-state index in [4.69, 9.17) is 0 Å². The van der Waals surface area contributed by atoms with Crippen LogP contribution in [0.1, 0.15) is 5.82 Å². The van der Waals surface area contributed by atoms with Crippen LogP contribution in [-0.4, -0.2) is 24.9 Å². The van der Waals surface area contributed by atoms with E-state index in [2.05, 4.69) is 20.4 Å². The normalized spacial score (nSPS) is 10.9. The second-order valence-corrected chi connectivity index (χ2v) is 5.42. The fourth-order valence-corrected chi connectivity index (χ4v) is 2.59. The van der Waals surface area contributed by atoms with E-state index in [1.165, 1.54) is 0 Å². The molecule has 0 aliphatic rings. The predicted octanol–water partition coefficient (Wildman–Crippen LogP) is 3.57. The van der Waals surface area contributed by atoms with Gasteiger partial charge >= 0.3 is 0 Å². The topological polar surface area (TPSA) is 75.9 Å². The van der Waals surface area contributed by atoms with Gasteiger partial charge in [0.25, 0.3) is 0 Å². The van der Waals surface area contributed by atoms with Crippen molar-refractivity contribution < 1.29 is 5.11 Å². The molecule has 0 fully saturated rings. The second-order valence-electron chi connectivity index (χ2n) is 5.42. The smallest absolute Gasteiger partial charge is 0.168 e. The van der Waals surface area contributed by atoms with Crippen LogP contribution in [0.25, 0.3) is 16.7 Å². The Morgan fingerprint density at radius 2 is 1.83 bits per heavy atom. The third kappa shape index (κ3) is 2.54. The van der Waals surface area contributed by atoms with Gasteiger partial charge in [0, 0.05) is 11.8 Å². The van der Waals surface area contributed by atoms with E-state index in [0.717, 1.165) is 22.4 Å². The lowest BCUT2D eigenvalue weighted by molar-refractivity contribution is 0.475. The number of para-hydroxylation sites is 1. The largest absolute Gasteiger partial charge is 0.508 e. The third-order valence-electron chi connectivity index (χ3n) is 3.65. The van der Waals surface area contributed by atoms with E-state index >= 15 is 0 Å². The van der Waals surface area contributed by atoms with Gasteiger partial charge in [-0.1, -0.05) is 24.3 Å². The van der Waals surface area contributed by atoms with Crippen molar-refractivity contribution in [2.24, 2.45) is 0 Å². The lowest BCUT2D eigenvalue weighted by Crippen LogP contribution is -2.01. The number of aryl methyl sites for hydroxylation is 1. The molecule has 2 N–H and O–H groups in total. The van der Waals surface area contributed by atoms with Crippen molar-refractivity contribution in [3.63, 3.8) is 0 Å². The maximum atomic E-state index is 9.62. The van der Waals surface area contributed by atoms with E-state index in [1.54, 1.807) is 29.1 Å². The van der Waals surface area contributed by atoms with E-state index in [0.29, 0.717) is 11.6 Å². The summed E-state index contributed by atoms with van der Waals surface area (Å²) in [5.74, 6) is 1.50. The molecule has 0 radical (unpaired) electrons. The van der Waals surface area contributed by atoms with Crippen molar-refractivity contribution in [2.45, 2.75) is 6.92 Å². The monoisotopic (exact) mass is 317 g/mol. The van der Waals surface area contributed by atoms with Crippen LogP contribution in [0.2, 0.25) is 0 Å². The molecule has 0 saturated carbocycles. The van der Waals surface area contributed by atoms with Crippen LogP contribution < -0.4 is 5.32 Å². The molecule has 0 aliphatic heterocycles. The molecule has 0 atom stereocenters. The maximum absolute atomic E-state index is 9.62. The van der Waals surface area contributed by atoms with Gasteiger partial charge in [-0.05, 0) is 31.2 Å². The first-order chi connectivity index (χ1) is 11.7. The number of hydrogen-bond acceptors (Lipinski definition) is 5. The highest BCUT2D eigenvalue weighted by atomic mass is 16.3. The van der Waals surface area contributed by atoms with Crippen molar-refractivity contribution in [3.8, 4) is 11.4 Å². The number of phenolic OH excluding ortho intramolecular Hbond substituents is 1. The number of fused-ring (bicyclic) bond motifs is 1. The van der Waals surface area contributed by atoms with Crippen LogP contribution in [0.15, 0.2) is 60.8 Å². The number of anilines is 2. The van der Waals surface area contributed by atoms with E-state index in [9.17, 15) is 5.11 Å². The molecule has 0 spiro atoms. The number of phenols is 1. The summed E-state index contributed by atoms with van der Waals surface area (Å²) in [4.78, 5) is 9.01. The lowest BCUT2D eigenvalue weighted by atomic mass is 10.3. The molecule has 0 amide bonds. The highest BCUT2D eigenvalue weighted by Gasteiger charge is 2.13. The number of benzene rings is 2. The fraction of sp³-hybridized carbons (Fsp3) is 0.0556. The highest BCUT2D eigenvalue weighted by molar-refractivity contribution is 5.89. The van der Waals surface area contributed by atoms with Gasteiger partial charge in [0.05, 0.1) is 17.3 Å². The summed E-state index contributed by atoms with van der Waals surface area (Å²) < 4.78 is 1.79. The zero-order chi connectivity index (χ0) is 16.5. The minimum absolute atomic E-state index is 0.196. The van der Waals surface area contributed by atoms with Gasteiger partial charge in [0.2, 0.25) is 0 Å². The summed E-state index contributed by atoms with van der Waals surface area (Å²) in [7, 11) is 0. The lowest BCUT2D eigenvalue weighted by Gasteiger charge is -2.08. The van der Waals surface area contributed by atoms with Gasteiger partial charge in [-0.3, -0.25) is 0 Å². The summed E-state index contributed by atoms with van der Waals surface area (Å²) in [5, 5.41) is 18.1. The van der Waals surface area contributed by atoms with Gasteiger partial charge in [-0.2, -0.15) is 5.10 Å². The Balaban J connectivity index is 1.84. The first kappa shape index (κ1) is 14.2. The Hall–Kier alpha value is -3.41. The Morgan fingerprint density at radius 1 is 1.00 bits per heavy atom. The average molecular weight is 317 g/mol. The van der Waals surface area contributed by atoms with Crippen LogP contribution >= 0.6 is 0 Å². The number of rotatable bonds is 3. The molecule has 2 heterocycles. The molecule has 4 rings (SSSR count). The first-order valence-corrected chi connectivity index (χ1v) is 7.54. The molecule has 0 saturated heterocycles. The molecule has 6 nitrogen and oxygen atoms in total. The van der Waals surface area contributed by atoms with Gasteiger partial charge in [0.1, 0.15) is 17.4 Å². The second kappa shape index (κ2) is 5.66. The van der Waals surface area contributed by atoms with Crippen molar-refractivity contribution >= 4 is 22.5 Å². The number of nitrogens with one attached hydrogen (secondary N) is 1. The Labute approximate surface area is 138 Å². The molecule has 4 aromatic rings. The number of aromatic nitrogens is 4. The van der Waals surface area contributed by atoms with E-state index in [-0.39, 0.29) is 5.75 Å². The van der Waals surface area contributed by atoms with E-state index in [1.807, 2.05) is 43.3 Å². The maximum Gasteiger partial charge on any atom is 0.168 e. The van der Waals surface area contributed by atoms with Gasteiger partial charge in [-0.25, -0.2) is 14.6 Å². The summed E-state index contributed by atoms with van der Waals surface area (Å²) in [6.45, 7) is 1.84. The first-order valence-electron chi connectivity index (χ1n) is 7.54. The zero-order valence-corrected chi connectivity index (χ0v) is 13.0. The van der Waals surface area contributed by atoms with Crippen molar-refractivity contribution in [1.82, 2.24) is 19.7 Å². The Morgan fingerprint density at radius 3 is 2.62 bits per heavy atom. The van der Waals surface area contributed by atoms with Crippen LogP contribution in [0, 0.1) is 6.92 Å². The summed E-state index contributed by atoms with van der Waals surface area (Å²) >= 11 is 0. The molecular weight excluding hydrogens is 302 g/mol. The Kier molecular flexibility index (Phi) is 3.35. The highest BCUT2D eigenvalue weighted by Crippen LogP contribution is 2.26. The van der Waals surface area contributed by atoms with Crippen molar-refractivity contribution in [1.29, 1.82) is 0 Å². The zero-order valence-electron chi connectivity index (χ0n) is 13.0. The summed E-state index contributed by atoms with van der Waals surface area (Å²) in [5.41, 5.74) is 2.42. The number of nitrogens with zero attached hydrogens (tertiary/aromatic N) is 4. The molecular formula is C18H15N5O. The van der Waals surface area contributed by atoms with Crippen LogP contribution in [0.5, 0.6) is 5.75 Å². The summed E-state index contributed by atoms with van der Waals surface area (Å²) in [6, 6.07) is 16.7. The van der Waals surface area contributed by atoms with Gasteiger partial charge < -0.3 is 10.4 Å². The molecule has 0 unspecified atom stereocenters. The predicted molar refractivity (Wildman–Crippen MR) is 92.8 cm³/mol. The van der Waals surface area contributed by atoms with Gasteiger partial charge in [0.15, 0.2) is 5.65 Å². The number of aromatic hydroxyl groups is 1. The molecule has 24 heavy (non-hydrogen) atoms. The molecule has 2 aromatic heterocycles. The standard InChI is InChI=1S/C18H15N5O/c1-12-20-17(22-13-6-5-9-15(24)10-13)16-11-19-23(18(16)21-12)14-7-3-2-4-8-14/h2-11,24H,1H3,(H,20,21,22). The molecule has 118 valence electrons. The van der Waals surface area contributed by atoms with Crippen LogP contribution in [0.4, 0.5) is 11.5 Å². The van der Waals surface area contributed by atoms with Gasteiger partial charge in [-0.15, -0.1) is 0 Å². The molecule has 6 heteroatoms. The van der Waals surface area contributed by atoms with Crippen molar-refractivity contribution in [3.05, 3.63) is 66.6 Å². The molecule has 0 aliphatic carbocycles. The Bertz CT molecular complexity index is 1010. The quantitative estimate of drug-likeness (QED) is 0.604. The van der Waals surface area contributed by atoms with E-state index < -0.39 is 0 Å². The number of hydrogen-bond donors (Lipinski definition) is 2. The summed E-state index contributed by atoms with van der Waals surface area (Å²) in [6.07, 6.45) is 1.74. The average Bonchev–Trinajstić information content (AvgIpc) is 2.99. The SMILES string of the molecule is Cc1nc(Nc2cccc(O)c2)c2cnn(-c3ccccc3)c2n1. The minimum Gasteiger partial charge on any atom is -0.508 e.